The third kappa shape index (κ3) is 3.81. The summed E-state index contributed by atoms with van der Waals surface area (Å²) in [6, 6.07) is 2.94. The molecular formula is C13H16ClNO3. The lowest BCUT2D eigenvalue weighted by Gasteiger charge is -2.08. The summed E-state index contributed by atoms with van der Waals surface area (Å²) >= 11 is 5.83. The summed E-state index contributed by atoms with van der Waals surface area (Å²) in [6.07, 6.45) is 0.787. The molecule has 98 valence electrons. The summed E-state index contributed by atoms with van der Waals surface area (Å²) in [6.45, 7) is 5.71. The van der Waals surface area contributed by atoms with Crippen molar-refractivity contribution in [2.75, 3.05) is 0 Å². The van der Waals surface area contributed by atoms with Gasteiger partial charge in [-0.1, -0.05) is 25.4 Å². The van der Waals surface area contributed by atoms with Crippen molar-refractivity contribution in [1.82, 2.24) is 0 Å². The molecule has 0 atom stereocenters. The fraction of sp³-hybridized carbons (Fsp3) is 0.462. The van der Waals surface area contributed by atoms with Crippen LogP contribution in [0.15, 0.2) is 12.1 Å². The SMILES string of the molecule is Cc1cc([N+](=O)[O-])c(Cl)cc1CC(=O)CC(C)C. The van der Waals surface area contributed by atoms with Crippen molar-refractivity contribution < 1.29 is 9.72 Å². The minimum Gasteiger partial charge on any atom is -0.299 e. The number of rotatable bonds is 5. The summed E-state index contributed by atoms with van der Waals surface area (Å²) in [7, 11) is 0. The predicted octanol–water partition coefficient (Wildman–Crippen LogP) is 3.71. The van der Waals surface area contributed by atoms with Gasteiger partial charge in [-0.15, -0.1) is 0 Å². The number of Topliss-reactive ketones (excluding diaryl/α,β-unsaturated/α-hetero) is 1. The molecule has 0 unspecified atom stereocenters. The first-order valence-electron chi connectivity index (χ1n) is 5.76. The smallest absolute Gasteiger partial charge is 0.288 e. The highest BCUT2D eigenvalue weighted by Gasteiger charge is 2.16. The van der Waals surface area contributed by atoms with Gasteiger partial charge in [-0.05, 0) is 30.0 Å². The fourth-order valence-electron chi connectivity index (χ4n) is 1.78. The number of halogens is 1. The number of carbonyl (C=O) groups excluding carboxylic acids is 1. The summed E-state index contributed by atoms with van der Waals surface area (Å²) in [4.78, 5) is 21.9. The number of ketones is 1. The van der Waals surface area contributed by atoms with Crippen LogP contribution in [0.5, 0.6) is 0 Å². The molecule has 0 N–H and O–H groups in total. The van der Waals surface area contributed by atoms with Gasteiger partial charge in [-0.25, -0.2) is 0 Å². The Morgan fingerprint density at radius 2 is 2.06 bits per heavy atom. The molecule has 0 heterocycles. The first-order chi connectivity index (χ1) is 8.31. The van der Waals surface area contributed by atoms with E-state index in [1.54, 1.807) is 6.92 Å². The molecule has 0 aromatic heterocycles. The lowest BCUT2D eigenvalue weighted by Crippen LogP contribution is -2.07. The van der Waals surface area contributed by atoms with Crippen LogP contribution in [0.1, 0.15) is 31.4 Å². The van der Waals surface area contributed by atoms with Crippen LogP contribution >= 0.6 is 11.6 Å². The van der Waals surface area contributed by atoms with Gasteiger partial charge in [0.25, 0.3) is 5.69 Å². The molecule has 0 bridgehead atoms. The molecule has 0 aliphatic heterocycles. The number of nitro benzene ring substituents is 1. The van der Waals surface area contributed by atoms with Gasteiger partial charge < -0.3 is 0 Å². The standard InChI is InChI=1S/C13H16ClNO3/c1-8(2)4-11(16)6-10-7-12(14)13(15(17)18)5-9(10)3/h5,7-8H,4,6H2,1-3H3. The molecule has 0 saturated heterocycles. The minimum atomic E-state index is -0.519. The monoisotopic (exact) mass is 269 g/mol. The lowest BCUT2D eigenvalue weighted by molar-refractivity contribution is -0.384. The predicted molar refractivity (Wildman–Crippen MR) is 71.0 cm³/mol. The van der Waals surface area contributed by atoms with Crippen LogP contribution in [0.25, 0.3) is 0 Å². The van der Waals surface area contributed by atoms with Crippen molar-refractivity contribution in [2.45, 2.75) is 33.6 Å². The summed E-state index contributed by atoms with van der Waals surface area (Å²) in [5.74, 6) is 0.435. The highest BCUT2D eigenvalue weighted by atomic mass is 35.5. The third-order valence-electron chi connectivity index (χ3n) is 2.63. The number of carbonyl (C=O) groups is 1. The van der Waals surface area contributed by atoms with Crippen LogP contribution in [0.3, 0.4) is 0 Å². The summed E-state index contributed by atoms with van der Waals surface area (Å²) in [5, 5.41) is 10.8. The second-order valence-corrected chi connectivity index (χ2v) is 5.21. The average molecular weight is 270 g/mol. The molecule has 0 saturated carbocycles. The topological polar surface area (TPSA) is 60.2 Å². The Morgan fingerprint density at radius 1 is 1.44 bits per heavy atom. The van der Waals surface area contributed by atoms with E-state index in [0.717, 1.165) is 11.1 Å². The molecule has 0 aliphatic rings. The van der Waals surface area contributed by atoms with Crippen molar-refractivity contribution in [2.24, 2.45) is 5.92 Å². The number of benzene rings is 1. The quantitative estimate of drug-likeness (QED) is 0.605. The number of aryl methyl sites for hydroxylation is 1. The normalized spacial score (nSPS) is 10.7. The van der Waals surface area contributed by atoms with Crippen LogP contribution < -0.4 is 0 Å². The Bertz CT molecular complexity index is 483. The number of nitrogens with zero attached hydrogens (tertiary/aromatic N) is 1. The zero-order valence-electron chi connectivity index (χ0n) is 10.7. The van der Waals surface area contributed by atoms with E-state index in [0.29, 0.717) is 12.3 Å². The molecule has 4 nitrogen and oxygen atoms in total. The second kappa shape index (κ2) is 5.96. The van der Waals surface area contributed by atoms with Crippen molar-refractivity contribution in [1.29, 1.82) is 0 Å². The molecule has 1 rings (SSSR count). The van der Waals surface area contributed by atoms with Gasteiger partial charge >= 0.3 is 0 Å². The number of nitro groups is 1. The molecule has 0 amide bonds. The molecule has 1 aromatic rings. The van der Waals surface area contributed by atoms with E-state index in [1.807, 2.05) is 13.8 Å². The van der Waals surface area contributed by atoms with Gasteiger partial charge in [0.1, 0.15) is 10.8 Å². The Balaban J connectivity index is 2.95. The third-order valence-corrected chi connectivity index (χ3v) is 2.93. The van der Waals surface area contributed by atoms with Crippen molar-refractivity contribution in [3.63, 3.8) is 0 Å². The Morgan fingerprint density at radius 3 is 2.56 bits per heavy atom. The van der Waals surface area contributed by atoms with Crippen LogP contribution in [-0.2, 0) is 11.2 Å². The van der Waals surface area contributed by atoms with Gasteiger partial charge in [-0.3, -0.25) is 14.9 Å². The first kappa shape index (κ1) is 14.6. The largest absolute Gasteiger partial charge is 0.299 e. The minimum absolute atomic E-state index is 0.0814. The molecule has 0 aliphatic carbocycles. The van der Waals surface area contributed by atoms with E-state index >= 15 is 0 Å². The molecule has 0 radical (unpaired) electrons. The van der Waals surface area contributed by atoms with Crippen molar-refractivity contribution >= 4 is 23.1 Å². The van der Waals surface area contributed by atoms with E-state index in [2.05, 4.69) is 0 Å². The van der Waals surface area contributed by atoms with Crippen LogP contribution in [0.2, 0.25) is 5.02 Å². The number of hydrogen-bond donors (Lipinski definition) is 0. The van der Waals surface area contributed by atoms with E-state index in [-0.39, 0.29) is 22.9 Å². The zero-order valence-corrected chi connectivity index (χ0v) is 11.5. The summed E-state index contributed by atoms with van der Waals surface area (Å²) in [5.41, 5.74) is 1.37. The highest BCUT2D eigenvalue weighted by molar-refractivity contribution is 6.32. The maximum absolute atomic E-state index is 11.7. The molecule has 18 heavy (non-hydrogen) atoms. The van der Waals surface area contributed by atoms with Gasteiger partial charge in [-0.2, -0.15) is 0 Å². The van der Waals surface area contributed by atoms with E-state index < -0.39 is 4.92 Å². The van der Waals surface area contributed by atoms with Crippen LogP contribution in [0, 0.1) is 23.0 Å². The Labute approximate surface area is 111 Å². The van der Waals surface area contributed by atoms with E-state index in [4.69, 9.17) is 11.6 Å². The van der Waals surface area contributed by atoms with Crippen molar-refractivity contribution in [3.05, 3.63) is 38.4 Å². The maximum atomic E-state index is 11.7. The molecule has 0 fully saturated rings. The molecular weight excluding hydrogens is 254 g/mol. The fourth-order valence-corrected chi connectivity index (χ4v) is 2.03. The zero-order chi connectivity index (χ0) is 13.9. The molecule has 0 spiro atoms. The van der Waals surface area contributed by atoms with Gasteiger partial charge in [0.05, 0.1) is 4.92 Å². The highest BCUT2D eigenvalue weighted by Crippen LogP contribution is 2.28. The van der Waals surface area contributed by atoms with Crippen molar-refractivity contribution in [3.8, 4) is 0 Å². The van der Waals surface area contributed by atoms with E-state index in [1.165, 1.54) is 12.1 Å². The van der Waals surface area contributed by atoms with Crippen LogP contribution in [0.4, 0.5) is 5.69 Å². The van der Waals surface area contributed by atoms with Crippen LogP contribution in [-0.4, -0.2) is 10.7 Å². The van der Waals surface area contributed by atoms with Gasteiger partial charge in [0.15, 0.2) is 0 Å². The maximum Gasteiger partial charge on any atom is 0.288 e. The first-order valence-corrected chi connectivity index (χ1v) is 6.14. The number of hydrogen-bond acceptors (Lipinski definition) is 3. The lowest BCUT2D eigenvalue weighted by atomic mass is 9.98. The van der Waals surface area contributed by atoms with Gasteiger partial charge in [0.2, 0.25) is 0 Å². The molecule has 5 heteroatoms. The van der Waals surface area contributed by atoms with E-state index in [9.17, 15) is 14.9 Å². The second-order valence-electron chi connectivity index (χ2n) is 4.80. The Hall–Kier alpha value is -1.42. The average Bonchev–Trinajstić information content (AvgIpc) is 2.21. The Kier molecular flexibility index (Phi) is 4.84. The van der Waals surface area contributed by atoms with Gasteiger partial charge in [0, 0.05) is 18.9 Å². The molecule has 1 aromatic carbocycles. The summed E-state index contributed by atoms with van der Waals surface area (Å²) < 4.78 is 0.